The molecule has 0 fully saturated rings. The van der Waals surface area contributed by atoms with Crippen LogP contribution in [0.15, 0.2) is 30.3 Å². The molecule has 0 atom stereocenters. The number of carbonyl (C=O) groups excluding carboxylic acids is 2. The lowest BCUT2D eigenvalue weighted by Gasteiger charge is -2.13. The molecule has 1 aliphatic heterocycles. The number of nitrogens with one attached hydrogen (secondary N) is 1. The molecule has 0 saturated heterocycles. The third kappa shape index (κ3) is 5.70. The summed E-state index contributed by atoms with van der Waals surface area (Å²) in [5.41, 5.74) is 6.63. The highest BCUT2D eigenvalue weighted by Gasteiger charge is 2.17. The first kappa shape index (κ1) is 21.6. The smallest absolute Gasteiger partial charge is 0.255 e. The number of halogens is 1. The lowest BCUT2D eigenvalue weighted by atomic mass is 10.1. The summed E-state index contributed by atoms with van der Waals surface area (Å²) in [6.45, 7) is 1.14. The van der Waals surface area contributed by atoms with E-state index in [0.717, 1.165) is 17.5 Å². The number of nitrogens with two attached hydrogens (primary N) is 1. The number of benzene rings is 2. The van der Waals surface area contributed by atoms with E-state index in [1.807, 2.05) is 0 Å². The largest absolute Gasteiger partial charge is 0.493 e. The van der Waals surface area contributed by atoms with Gasteiger partial charge in [0.25, 0.3) is 5.91 Å². The monoisotopic (exact) mass is 434 g/mol. The standard InChI is InChI=1S/C21H23ClN2O6/c1-27-17-8-13(3-4-16(17)30-12-19(23)25)11-24-20(26)10-14-7-15(22)21-18(9-14)28-5-2-6-29-21/h3-4,7-9H,2,5-6,10-12H2,1H3,(H2,23,25)(H,24,26). The molecule has 3 rings (SSSR count). The molecule has 160 valence electrons. The minimum atomic E-state index is -0.580. The number of hydrogen-bond acceptors (Lipinski definition) is 6. The lowest BCUT2D eigenvalue weighted by molar-refractivity contribution is -0.121. The number of fused-ring (bicyclic) bond motifs is 1. The second-order valence-electron chi connectivity index (χ2n) is 6.65. The Bertz CT molecular complexity index is 934. The third-order valence-corrected chi connectivity index (χ3v) is 4.60. The second-order valence-corrected chi connectivity index (χ2v) is 7.06. The van der Waals surface area contributed by atoms with Gasteiger partial charge in [-0.15, -0.1) is 0 Å². The van der Waals surface area contributed by atoms with Crippen LogP contribution >= 0.6 is 11.6 Å². The number of ether oxygens (including phenoxy) is 4. The van der Waals surface area contributed by atoms with Gasteiger partial charge in [-0.3, -0.25) is 9.59 Å². The summed E-state index contributed by atoms with van der Waals surface area (Å²) in [6, 6.07) is 8.64. The van der Waals surface area contributed by atoms with Crippen LogP contribution in [0.3, 0.4) is 0 Å². The van der Waals surface area contributed by atoms with Crippen molar-refractivity contribution in [1.29, 1.82) is 0 Å². The van der Waals surface area contributed by atoms with E-state index in [9.17, 15) is 9.59 Å². The Labute approximate surface area is 179 Å². The van der Waals surface area contributed by atoms with E-state index in [1.165, 1.54) is 7.11 Å². The molecule has 0 spiro atoms. The highest BCUT2D eigenvalue weighted by Crippen LogP contribution is 2.38. The van der Waals surface area contributed by atoms with Crippen LogP contribution in [0, 0.1) is 0 Å². The van der Waals surface area contributed by atoms with Crippen LogP contribution in [0.25, 0.3) is 0 Å². The van der Waals surface area contributed by atoms with Gasteiger partial charge in [-0.05, 0) is 35.4 Å². The van der Waals surface area contributed by atoms with E-state index < -0.39 is 5.91 Å². The Morgan fingerprint density at radius 1 is 1.13 bits per heavy atom. The summed E-state index contributed by atoms with van der Waals surface area (Å²) in [7, 11) is 1.49. The van der Waals surface area contributed by atoms with Gasteiger partial charge in [-0.1, -0.05) is 17.7 Å². The molecule has 1 aliphatic rings. The van der Waals surface area contributed by atoms with Gasteiger partial charge < -0.3 is 30.0 Å². The quantitative estimate of drug-likeness (QED) is 0.659. The average Bonchev–Trinajstić information content (AvgIpc) is 2.96. The number of methoxy groups -OCH3 is 1. The molecule has 0 saturated carbocycles. The molecule has 8 nitrogen and oxygen atoms in total. The molecular formula is C21H23ClN2O6. The van der Waals surface area contributed by atoms with Crippen molar-refractivity contribution in [3.63, 3.8) is 0 Å². The van der Waals surface area contributed by atoms with Crippen molar-refractivity contribution in [2.45, 2.75) is 19.4 Å². The molecule has 2 aromatic carbocycles. The first-order chi connectivity index (χ1) is 14.5. The van der Waals surface area contributed by atoms with Crippen molar-refractivity contribution in [2.75, 3.05) is 26.9 Å². The Hall–Kier alpha value is -3.13. The summed E-state index contributed by atoms with van der Waals surface area (Å²) in [6.07, 6.45) is 0.921. The zero-order chi connectivity index (χ0) is 21.5. The van der Waals surface area contributed by atoms with Crippen LogP contribution in [0.5, 0.6) is 23.0 Å². The zero-order valence-corrected chi connectivity index (χ0v) is 17.3. The molecule has 9 heteroatoms. The van der Waals surface area contributed by atoms with E-state index >= 15 is 0 Å². The molecule has 0 bridgehead atoms. The fraction of sp³-hybridized carbons (Fsp3) is 0.333. The van der Waals surface area contributed by atoms with Gasteiger partial charge >= 0.3 is 0 Å². The minimum absolute atomic E-state index is 0.146. The van der Waals surface area contributed by atoms with Crippen molar-refractivity contribution in [3.05, 3.63) is 46.5 Å². The van der Waals surface area contributed by atoms with Gasteiger partial charge in [0, 0.05) is 13.0 Å². The summed E-state index contributed by atoms with van der Waals surface area (Å²) in [4.78, 5) is 23.3. The minimum Gasteiger partial charge on any atom is -0.493 e. The Morgan fingerprint density at radius 3 is 2.70 bits per heavy atom. The highest BCUT2D eigenvalue weighted by atomic mass is 35.5. The van der Waals surface area contributed by atoms with Gasteiger partial charge in [0.05, 0.1) is 31.8 Å². The maximum atomic E-state index is 12.4. The number of rotatable bonds is 8. The third-order valence-electron chi connectivity index (χ3n) is 4.31. The number of primary amides is 1. The summed E-state index contributed by atoms with van der Waals surface area (Å²) >= 11 is 6.28. The fourth-order valence-corrected chi connectivity index (χ4v) is 3.21. The summed E-state index contributed by atoms with van der Waals surface area (Å²) < 4.78 is 21.8. The van der Waals surface area contributed by atoms with Gasteiger partial charge in [0.2, 0.25) is 5.91 Å². The van der Waals surface area contributed by atoms with Crippen LogP contribution in [0.2, 0.25) is 5.02 Å². The lowest BCUT2D eigenvalue weighted by Crippen LogP contribution is -2.24. The summed E-state index contributed by atoms with van der Waals surface area (Å²) in [5.74, 6) is 1.16. The molecule has 0 aliphatic carbocycles. The topological polar surface area (TPSA) is 109 Å². The molecule has 0 radical (unpaired) electrons. The predicted molar refractivity (Wildman–Crippen MR) is 110 cm³/mol. The van der Waals surface area contributed by atoms with Crippen molar-refractivity contribution in [1.82, 2.24) is 5.32 Å². The van der Waals surface area contributed by atoms with Crippen molar-refractivity contribution < 1.29 is 28.5 Å². The van der Waals surface area contributed by atoms with Crippen molar-refractivity contribution >= 4 is 23.4 Å². The Balaban J connectivity index is 1.60. The second kappa shape index (κ2) is 10.1. The van der Waals surface area contributed by atoms with Crippen molar-refractivity contribution in [2.24, 2.45) is 5.73 Å². The average molecular weight is 435 g/mol. The van der Waals surface area contributed by atoms with E-state index in [4.69, 9.17) is 36.3 Å². The molecule has 0 unspecified atom stereocenters. The molecule has 2 amide bonds. The van der Waals surface area contributed by atoms with Crippen LogP contribution in [-0.4, -0.2) is 38.7 Å². The number of hydrogen-bond donors (Lipinski definition) is 2. The van der Waals surface area contributed by atoms with E-state index in [-0.39, 0.29) is 18.9 Å². The van der Waals surface area contributed by atoms with E-state index in [2.05, 4.69) is 5.32 Å². The molecule has 0 aromatic heterocycles. The van der Waals surface area contributed by atoms with Crippen LogP contribution in [0.4, 0.5) is 0 Å². The normalized spacial score (nSPS) is 12.6. The molecule has 30 heavy (non-hydrogen) atoms. The van der Waals surface area contributed by atoms with Crippen molar-refractivity contribution in [3.8, 4) is 23.0 Å². The Morgan fingerprint density at radius 2 is 1.93 bits per heavy atom. The molecule has 1 heterocycles. The Kier molecular flexibility index (Phi) is 7.24. The van der Waals surface area contributed by atoms with Crippen LogP contribution in [0.1, 0.15) is 17.5 Å². The maximum Gasteiger partial charge on any atom is 0.255 e. The summed E-state index contributed by atoms with van der Waals surface area (Å²) in [5, 5.41) is 3.28. The van der Waals surface area contributed by atoms with E-state index in [1.54, 1.807) is 30.3 Å². The fourth-order valence-electron chi connectivity index (χ4n) is 2.92. The molecular weight excluding hydrogens is 412 g/mol. The first-order valence-electron chi connectivity index (χ1n) is 9.39. The van der Waals surface area contributed by atoms with Gasteiger partial charge in [-0.25, -0.2) is 0 Å². The van der Waals surface area contributed by atoms with Crippen LogP contribution < -0.4 is 30.0 Å². The van der Waals surface area contributed by atoms with Gasteiger partial charge in [0.1, 0.15) is 0 Å². The predicted octanol–water partition coefficient (Wildman–Crippen LogP) is 2.23. The van der Waals surface area contributed by atoms with Gasteiger partial charge in [0.15, 0.2) is 29.6 Å². The molecule has 3 N–H and O–H groups in total. The maximum absolute atomic E-state index is 12.4. The number of carbonyl (C=O) groups is 2. The molecule has 2 aromatic rings. The van der Waals surface area contributed by atoms with Gasteiger partial charge in [-0.2, -0.15) is 0 Å². The highest BCUT2D eigenvalue weighted by molar-refractivity contribution is 6.32. The van der Waals surface area contributed by atoms with E-state index in [0.29, 0.717) is 47.8 Å². The van der Waals surface area contributed by atoms with Crippen LogP contribution in [-0.2, 0) is 22.6 Å². The SMILES string of the molecule is COc1cc(CNC(=O)Cc2cc(Cl)c3c(c2)OCCCO3)ccc1OCC(N)=O. The first-order valence-corrected chi connectivity index (χ1v) is 9.77. The number of amides is 2. The zero-order valence-electron chi connectivity index (χ0n) is 16.5.